The summed E-state index contributed by atoms with van der Waals surface area (Å²) in [7, 11) is 0. The van der Waals surface area contributed by atoms with Gasteiger partial charge in [0.25, 0.3) is 0 Å². The van der Waals surface area contributed by atoms with Crippen LogP contribution in [0.25, 0.3) is 0 Å². The number of hydrogen-bond donors (Lipinski definition) is 1. The number of carbonyl (C=O) groups is 2. The van der Waals surface area contributed by atoms with E-state index < -0.39 is 11.9 Å². The van der Waals surface area contributed by atoms with Crippen molar-refractivity contribution in [3.8, 4) is 5.75 Å². The second-order valence-electron chi connectivity index (χ2n) is 4.54. The lowest BCUT2D eigenvalue weighted by Gasteiger charge is -2.15. The number of carbonyl (C=O) groups excluding carboxylic acids is 2. The number of hydrogen-bond acceptors (Lipinski definition) is 5. The highest BCUT2D eigenvalue weighted by molar-refractivity contribution is 5.94. The summed E-state index contributed by atoms with van der Waals surface area (Å²) >= 11 is 0. The van der Waals surface area contributed by atoms with Crippen molar-refractivity contribution in [2.24, 2.45) is 0 Å². The van der Waals surface area contributed by atoms with Gasteiger partial charge in [0.05, 0.1) is 0 Å². The third-order valence-corrected chi connectivity index (χ3v) is 2.94. The number of rotatable bonds is 3. The van der Waals surface area contributed by atoms with Crippen molar-refractivity contribution >= 4 is 11.9 Å². The highest BCUT2D eigenvalue weighted by atomic mass is 16.6. The van der Waals surface area contributed by atoms with E-state index in [-0.39, 0.29) is 17.5 Å². The van der Waals surface area contributed by atoms with Gasteiger partial charge in [0.1, 0.15) is 11.3 Å². The van der Waals surface area contributed by atoms with Gasteiger partial charge in [-0.05, 0) is 37.9 Å². The molecule has 0 bridgehead atoms. The molecule has 1 fully saturated rings. The highest BCUT2D eigenvalue weighted by Gasteiger charge is 2.23. The molecule has 1 unspecified atom stereocenters. The lowest BCUT2D eigenvalue weighted by atomic mass is 10.1. The van der Waals surface area contributed by atoms with Crippen LogP contribution in [0.5, 0.6) is 5.75 Å². The summed E-state index contributed by atoms with van der Waals surface area (Å²) in [5, 5.41) is 3.08. The van der Waals surface area contributed by atoms with Gasteiger partial charge < -0.3 is 9.47 Å². The van der Waals surface area contributed by atoms with E-state index in [2.05, 4.69) is 5.32 Å². The summed E-state index contributed by atoms with van der Waals surface area (Å²) in [5.41, 5.74) is 1.01. The van der Waals surface area contributed by atoms with Crippen LogP contribution >= 0.6 is 0 Å². The normalized spacial score (nSPS) is 18.1. The van der Waals surface area contributed by atoms with E-state index in [0.717, 1.165) is 24.9 Å². The summed E-state index contributed by atoms with van der Waals surface area (Å²) in [5.74, 6) is -0.653. The maximum absolute atomic E-state index is 12.1. The van der Waals surface area contributed by atoms with Crippen LogP contribution in [0.3, 0.4) is 0 Å². The van der Waals surface area contributed by atoms with Crippen molar-refractivity contribution in [2.45, 2.75) is 32.9 Å². The van der Waals surface area contributed by atoms with E-state index in [1.807, 2.05) is 0 Å². The first-order chi connectivity index (χ1) is 9.08. The minimum atomic E-state index is -0.473. The van der Waals surface area contributed by atoms with Crippen LogP contribution in [0.2, 0.25) is 0 Å². The van der Waals surface area contributed by atoms with Gasteiger partial charge in [0, 0.05) is 6.92 Å². The average Bonchev–Trinajstić information content (AvgIpc) is 2.84. The molecule has 1 aromatic rings. The number of benzene rings is 1. The van der Waals surface area contributed by atoms with E-state index in [9.17, 15) is 9.59 Å². The van der Waals surface area contributed by atoms with Crippen molar-refractivity contribution < 1.29 is 19.1 Å². The molecule has 102 valence electrons. The summed E-state index contributed by atoms with van der Waals surface area (Å²) in [6, 6.07) is 5.12. The SMILES string of the molecule is CC(=O)Oc1c(C)cccc1C(=O)OC1CCCN1. The molecule has 0 radical (unpaired) electrons. The second-order valence-corrected chi connectivity index (χ2v) is 4.54. The average molecular weight is 263 g/mol. The standard InChI is InChI=1S/C14H17NO4/c1-9-5-3-6-11(13(9)18-10(2)16)14(17)19-12-7-4-8-15-12/h3,5-6,12,15H,4,7-8H2,1-2H3. The molecule has 1 N–H and O–H groups in total. The van der Waals surface area contributed by atoms with E-state index in [4.69, 9.17) is 9.47 Å². The molecule has 1 atom stereocenters. The third-order valence-electron chi connectivity index (χ3n) is 2.94. The van der Waals surface area contributed by atoms with Crippen LogP contribution in [-0.4, -0.2) is 24.7 Å². The van der Waals surface area contributed by atoms with Gasteiger partial charge >= 0.3 is 11.9 Å². The second kappa shape index (κ2) is 5.84. The van der Waals surface area contributed by atoms with Gasteiger partial charge in [-0.15, -0.1) is 0 Å². The predicted molar refractivity (Wildman–Crippen MR) is 68.9 cm³/mol. The molecule has 1 aliphatic heterocycles. The molecule has 1 aliphatic rings. The smallest absolute Gasteiger partial charge is 0.343 e. The van der Waals surface area contributed by atoms with E-state index >= 15 is 0 Å². The Morgan fingerprint density at radius 2 is 2.16 bits per heavy atom. The Bertz CT molecular complexity index is 492. The van der Waals surface area contributed by atoms with Crippen molar-refractivity contribution in [1.82, 2.24) is 5.32 Å². The van der Waals surface area contributed by atoms with Gasteiger partial charge in [0.2, 0.25) is 0 Å². The molecule has 1 heterocycles. The van der Waals surface area contributed by atoms with E-state index in [0.29, 0.717) is 0 Å². The molecule has 5 heteroatoms. The van der Waals surface area contributed by atoms with Crippen LogP contribution in [0.15, 0.2) is 18.2 Å². The fourth-order valence-electron chi connectivity index (χ4n) is 2.04. The molecule has 19 heavy (non-hydrogen) atoms. The van der Waals surface area contributed by atoms with E-state index in [1.54, 1.807) is 25.1 Å². The van der Waals surface area contributed by atoms with Crippen LogP contribution < -0.4 is 10.1 Å². The maximum atomic E-state index is 12.1. The Kier molecular flexibility index (Phi) is 4.16. The first kappa shape index (κ1) is 13.5. The number of aryl methyl sites for hydroxylation is 1. The van der Waals surface area contributed by atoms with Crippen molar-refractivity contribution in [2.75, 3.05) is 6.54 Å². The number of esters is 2. The predicted octanol–water partition coefficient (Wildman–Crippen LogP) is 1.79. The van der Waals surface area contributed by atoms with Crippen molar-refractivity contribution in [1.29, 1.82) is 0 Å². The largest absolute Gasteiger partial charge is 0.443 e. The fraction of sp³-hybridized carbons (Fsp3) is 0.429. The lowest BCUT2D eigenvalue weighted by Crippen LogP contribution is -2.28. The fourth-order valence-corrected chi connectivity index (χ4v) is 2.04. The summed E-state index contributed by atoms with van der Waals surface area (Å²) < 4.78 is 10.4. The zero-order valence-corrected chi connectivity index (χ0v) is 11.1. The van der Waals surface area contributed by atoms with Gasteiger partial charge in [-0.3, -0.25) is 10.1 Å². The topological polar surface area (TPSA) is 64.6 Å². The zero-order valence-electron chi connectivity index (χ0n) is 11.1. The van der Waals surface area contributed by atoms with Gasteiger partial charge in [-0.1, -0.05) is 12.1 Å². The maximum Gasteiger partial charge on any atom is 0.343 e. The zero-order chi connectivity index (χ0) is 13.8. The molecule has 0 aliphatic carbocycles. The third kappa shape index (κ3) is 3.32. The van der Waals surface area contributed by atoms with E-state index in [1.165, 1.54) is 6.92 Å². The summed E-state index contributed by atoms with van der Waals surface area (Å²) in [6.07, 6.45) is 1.54. The Balaban J connectivity index is 2.19. The van der Waals surface area contributed by atoms with Crippen LogP contribution in [0, 0.1) is 6.92 Å². The monoisotopic (exact) mass is 263 g/mol. The first-order valence-corrected chi connectivity index (χ1v) is 6.30. The molecular formula is C14H17NO4. The Morgan fingerprint density at radius 1 is 1.37 bits per heavy atom. The quantitative estimate of drug-likeness (QED) is 0.665. The molecular weight excluding hydrogens is 246 g/mol. The van der Waals surface area contributed by atoms with Crippen molar-refractivity contribution in [3.63, 3.8) is 0 Å². The minimum Gasteiger partial charge on any atom is -0.443 e. The molecule has 1 aromatic carbocycles. The first-order valence-electron chi connectivity index (χ1n) is 6.30. The molecule has 0 aromatic heterocycles. The van der Waals surface area contributed by atoms with Crippen LogP contribution in [0.1, 0.15) is 35.7 Å². The number of nitrogens with one attached hydrogen (secondary N) is 1. The molecule has 1 saturated heterocycles. The number of para-hydroxylation sites is 1. The molecule has 0 spiro atoms. The summed E-state index contributed by atoms with van der Waals surface area (Å²) in [4.78, 5) is 23.2. The molecule has 2 rings (SSSR count). The Hall–Kier alpha value is -1.88. The van der Waals surface area contributed by atoms with Gasteiger partial charge in [-0.25, -0.2) is 4.79 Å². The molecule has 0 amide bonds. The van der Waals surface area contributed by atoms with Crippen molar-refractivity contribution in [3.05, 3.63) is 29.3 Å². The number of ether oxygens (including phenoxy) is 2. The Labute approximate surface area is 111 Å². The Morgan fingerprint density at radius 3 is 2.79 bits per heavy atom. The summed E-state index contributed by atoms with van der Waals surface area (Å²) in [6.45, 7) is 3.94. The highest BCUT2D eigenvalue weighted by Crippen LogP contribution is 2.25. The molecule has 5 nitrogen and oxygen atoms in total. The van der Waals surface area contributed by atoms with Crippen LogP contribution in [-0.2, 0) is 9.53 Å². The van der Waals surface area contributed by atoms with Gasteiger partial charge in [0.15, 0.2) is 6.23 Å². The minimum absolute atomic E-state index is 0.252. The molecule has 0 saturated carbocycles. The lowest BCUT2D eigenvalue weighted by molar-refractivity contribution is -0.131. The van der Waals surface area contributed by atoms with Gasteiger partial charge in [-0.2, -0.15) is 0 Å². The van der Waals surface area contributed by atoms with Crippen LogP contribution in [0.4, 0.5) is 0 Å².